The first-order chi connectivity index (χ1) is 17.5. The average Bonchev–Trinajstić information content (AvgIpc) is 3.61. The van der Waals surface area contributed by atoms with Crippen molar-refractivity contribution in [2.45, 2.75) is 31.3 Å². The first-order valence-corrected chi connectivity index (χ1v) is 11.8. The van der Waals surface area contributed by atoms with Crippen LogP contribution in [-0.2, 0) is 19.7 Å². The molecule has 4 aromatic rings. The number of carbonyl (C=O) groups excluding carboxylic acids is 2. The second-order valence-electron chi connectivity index (χ2n) is 8.93. The number of nitrogens with one attached hydrogen (secondary N) is 1. The molecule has 1 aromatic heterocycles. The zero-order valence-electron chi connectivity index (χ0n) is 20.2. The van der Waals surface area contributed by atoms with Crippen LogP contribution in [0.4, 0.5) is 10.6 Å². The van der Waals surface area contributed by atoms with Gasteiger partial charge in [-0.15, -0.1) is 0 Å². The Bertz CT molecular complexity index is 1360. The maximum atomic E-state index is 12.5. The van der Waals surface area contributed by atoms with Crippen LogP contribution < -0.4 is 5.32 Å². The van der Waals surface area contributed by atoms with E-state index >= 15 is 0 Å². The van der Waals surface area contributed by atoms with E-state index in [1.807, 2.05) is 85.8 Å². The maximum absolute atomic E-state index is 12.5. The lowest BCUT2D eigenvalue weighted by Crippen LogP contribution is -2.21. The number of ether oxygens (including phenoxy) is 2. The van der Waals surface area contributed by atoms with Gasteiger partial charge < -0.3 is 9.47 Å². The third-order valence-electron chi connectivity index (χ3n) is 6.66. The summed E-state index contributed by atoms with van der Waals surface area (Å²) in [6.07, 6.45) is 3.94. The first-order valence-electron chi connectivity index (χ1n) is 11.8. The third-order valence-corrected chi connectivity index (χ3v) is 6.66. The molecule has 1 fully saturated rings. The Hall–Kier alpha value is -4.39. The fourth-order valence-electron chi connectivity index (χ4n) is 4.41. The van der Waals surface area contributed by atoms with E-state index in [4.69, 9.17) is 9.47 Å². The molecule has 7 nitrogen and oxygen atoms in total. The summed E-state index contributed by atoms with van der Waals surface area (Å²) in [5, 5.41) is 2.78. The van der Waals surface area contributed by atoms with Crippen LogP contribution in [0, 0.1) is 0 Å². The van der Waals surface area contributed by atoms with Crippen molar-refractivity contribution < 1.29 is 19.1 Å². The monoisotopic (exact) mass is 481 g/mol. The molecule has 5 rings (SSSR count). The standard InChI is InChI=1S/C29H27N3O4/c1-20(21-6-4-3-5-7-21)36-28(34)31-26-18-30-19-32(26)25-14-10-23(11-15-25)22-8-12-24(13-9-22)29(16-17-29)27(33)35-2/h3-15,18-20H,16-17H2,1-2H3,(H,31,34). The summed E-state index contributed by atoms with van der Waals surface area (Å²) >= 11 is 0. The van der Waals surface area contributed by atoms with Crippen LogP contribution in [0.2, 0.25) is 0 Å². The summed E-state index contributed by atoms with van der Waals surface area (Å²) in [5.41, 5.74) is 4.39. The minimum Gasteiger partial charge on any atom is -0.468 e. The fourth-order valence-corrected chi connectivity index (χ4v) is 4.41. The fraction of sp³-hybridized carbons (Fsp3) is 0.207. The van der Waals surface area contributed by atoms with Crippen molar-refractivity contribution in [3.63, 3.8) is 0 Å². The highest BCUT2D eigenvalue weighted by molar-refractivity contribution is 5.87. The van der Waals surface area contributed by atoms with Crippen LogP contribution in [0.15, 0.2) is 91.4 Å². The molecule has 0 bridgehead atoms. The molecule has 1 atom stereocenters. The van der Waals surface area contributed by atoms with E-state index < -0.39 is 11.5 Å². The van der Waals surface area contributed by atoms with E-state index in [0.29, 0.717) is 5.82 Å². The van der Waals surface area contributed by atoms with Gasteiger partial charge in [0, 0.05) is 5.69 Å². The van der Waals surface area contributed by atoms with E-state index in [1.54, 1.807) is 17.1 Å². The Kier molecular flexibility index (Phi) is 6.29. The first kappa shape index (κ1) is 23.4. The molecule has 1 aliphatic carbocycles. The maximum Gasteiger partial charge on any atom is 0.413 e. The molecule has 36 heavy (non-hydrogen) atoms. The topological polar surface area (TPSA) is 82.5 Å². The molecule has 0 saturated heterocycles. The molecular formula is C29H27N3O4. The molecule has 0 spiro atoms. The van der Waals surface area contributed by atoms with Gasteiger partial charge in [-0.3, -0.25) is 14.7 Å². The zero-order chi connectivity index (χ0) is 25.1. The normalized spacial score (nSPS) is 14.5. The van der Waals surface area contributed by atoms with E-state index in [0.717, 1.165) is 40.8 Å². The molecule has 1 heterocycles. The number of imidazole rings is 1. The largest absolute Gasteiger partial charge is 0.468 e. The van der Waals surface area contributed by atoms with Crippen molar-refractivity contribution >= 4 is 17.9 Å². The predicted octanol–water partition coefficient (Wildman–Crippen LogP) is 6.05. The number of aromatic nitrogens is 2. The Morgan fingerprint density at radius 1 is 0.944 bits per heavy atom. The molecule has 1 amide bonds. The molecule has 1 saturated carbocycles. The smallest absolute Gasteiger partial charge is 0.413 e. The summed E-state index contributed by atoms with van der Waals surface area (Å²) in [6, 6.07) is 25.6. The summed E-state index contributed by atoms with van der Waals surface area (Å²) in [5.74, 6) is 0.345. The number of hydrogen-bond donors (Lipinski definition) is 1. The molecule has 182 valence electrons. The number of anilines is 1. The molecule has 1 N–H and O–H groups in total. The summed E-state index contributed by atoms with van der Waals surface area (Å²) < 4.78 is 12.3. The minimum absolute atomic E-state index is 0.164. The quantitative estimate of drug-likeness (QED) is 0.325. The van der Waals surface area contributed by atoms with Crippen molar-refractivity contribution in [3.8, 4) is 16.8 Å². The highest BCUT2D eigenvalue weighted by Gasteiger charge is 2.52. The molecular weight excluding hydrogens is 454 g/mol. The van der Waals surface area contributed by atoms with E-state index in [1.165, 1.54) is 7.11 Å². The Morgan fingerprint density at radius 3 is 2.19 bits per heavy atom. The Balaban J connectivity index is 1.27. The van der Waals surface area contributed by atoms with Crippen LogP contribution >= 0.6 is 0 Å². The highest BCUT2D eigenvalue weighted by Crippen LogP contribution is 2.49. The van der Waals surface area contributed by atoms with Gasteiger partial charge in [0.05, 0.1) is 18.7 Å². The van der Waals surface area contributed by atoms with Gasteiger partial charge in [0.15, 0.2) is 0 Å². The van der Waals surface area contributed by atoms with Gasteiger partial charge in [0.25, 0.3) is 0 Å². The van der Waals surface area contributed by atoms with Crippen LogP contribution in [0.5, 0.6) is 0 Å². The molecule has 0 radical (unpaired) electrons. The van der Waals surface area contributed by atoms with Crippen molar-refractivity contribution in [2.24, 2.45) is 0 Å². The molecule has 1 aliphatic rings. The molecule has 7 heteroatoms. The zero-order valence-corrected chi connectivity index (χ0v) is 20.2. The third kappa shape index (κ3) is 4.60. The SMILES string of the molecule is COC(=O)C1(c2ccc(-c3ccc(-n4cncc4NC(=O)OC(C)c4ccccc4)cc3)cc2)CC1. The molecule has 0 aliphatic heterocycles. The predicted molar refractivity (Wildman–Crippen MR) is 137 cm³/mol. The van der Waals surface area contributed by atoms with Crippen LogP contribution in [0.25, 0.3) is 16.8 Å². The lowest BCUT2D eigenvalue weighted by Gasteiger charge is -2.15. The average molecular weight is 482 g/mol. The van der Waals surface area contributed by atoms with Gasteiger partial charge in [0.1, 0.15) is 18.2 Å². The minimum atomic E-state index is -0.551. The van der Waals surface area contributed by atoms with Gasteiger partial charge in [-0.25, -0.2) is 9.78 Å². The second kappa shape index (κ2) is 9.70. The second-order valence-corrected chi connectivity index (χ2v) is 8.93. The molecule has 1 unspecified atom stereocenters. The van der Waals surface area contributed by atoms with E-state index in [2.05, 4.69) is 10.3 Å². The van der Waals surface area contributed by atoms with E-state index in [9.17, 15) is 9.59 Å². The van der Waals surface area contributed by atoms with Crippen LogP contribution in [0.3, 0.4) is 0 Å². The van der Waals surface area contributed by atoms with Gasteiger partial charge >= 0.3 is 12.1 Å². The summed E-state index contributed by atoms with van der Waals surface area (Å²) in [4.78, 5) is 28.8. The van der Waals surface area contributed by atoms with Crippen molar-refractivity contribution in [3.05, 3.63) is 103 Å². The summed E-state index contributed by atoms with van der Waals surface area (Å²) in [7, 11) is 1.44. The van der Waals surface area contributed by atoms with Crippen LogP contribution in [-0.4, -0.2) is 28.7 Å². The molecule has 3 aromatic carbocycles. The van der Waals surface area contributed by atoms with Crippen LogP contribution in [0.1, 0.15) is 37.0 Å². The number of benzene rings is 3. The number of esters is 1. The number of rotatable bonds is 7. The lowest BCUT2D eigenvalue weighted by atomic mass is 9.94. The Labute approximate surface area is 209 Å². The van der Waals surface area contributed by atoms with Crippen molar-refractivity contribution in [1.29, 1.82) is 0 Å². The van der Waals surface area contributed by atoms with Gasteiger partial charge in [0.2, 0.25) is 0 Å². The van der Waals surface area contributed by atoms with Gasteiger partial charge in [-0.05, 0) is 54.2 Å². The Morgan fingerprint density at radius 2 is 1.58 bits per heavy atom. The highest BCUT2D eigenvalue weighted by atomic mass is 16.6. The summed E-state index contributed by atoms with van der Waals surface area (Å²) in [6.45, 7) is 1.83. The van der Waals surface area contributed by atoms with Gasteiger partial charge in [-0.1, -0.05) is 66.7 Å². The number of methoxy groups -OCH3 is 1. The number of nitrogens with zero attached hydrogens (tertiary/aromatic N) is 2. The lowest BCUT2D eigenvalue weighted by molar-refractivity contribution is -0.143. The number of hydrogen-bond acceptors (Lipinski definition) is 5. The van der Waals surface area contributed by atoms with Gasteiger partial charge in [-0.2, -0.15) is 0 Å². The van der Waals surface area contributed by atoms with Crippen molar-refractivity contribution in [1.82, 2.24) is 9.55 Å². The van der Waals surface area contributed by atoms with E-state index in [-0.39, 0.29) is 12.1 Å². The number of carbonyl (C=O) groups is 2. The number of amides is 1. The van der Waals surface area contributed by atoms with Crippen molar-refractivity contribution in [2.75, 3.05) is 12.4 Å².